The third-order valence-corrected chi connectivity index (χ3v) is 23.5. The number of carbonyl (C=O) groups is 2. The Kier molecular flexibility index (Phi) is 13.0. The average molecular weight is 993 g/mol. The lowest BCUT2D eigenvalue weighted by Crippen LogP contribution is -2.52. The molecule has 12 saturated carbocycles. The lowest BCUT2D eigenvalue weighted by Gasteiger charge is -2.47. The van der Waals surface area contributed by atoms with E-state index < -0.39 is 0 Å². The minimum Gasteiger partial charge on any atom is -0.392 e. The maximum Gasteiger partial charge on any atom is 0.219 e. The molecule has 16 rings (SSSR count). The van der Waals surface area contributed by atoms with Crippen molar-refractivity contribution in [3.8, 4) is 0 Å². The predicted octanol–water partition coefficient (Wildman–Crippen LogP) is 8.10. The largest absolute Gasteiger partial charge is 0.392 e. The summed E-state index contributed by atoms with van der Waals surface area (Å²) in [4.78, 5) is 35.1. The van der Waals surface area contributed by atoms with Crippen molar-refractivity contribution in [3.63, 3.8) is 0 Å². The van der Waals surface area contributed by atoms with Gasteiger partial charge in [-0.3, -0.25) is 9.59 Å². The zero-order chi connectivity index (χ0) is 47.7. The number of rotatable bonds is 12. The summed E-state index contributed by atoms with van der Waals surface area (Å²) < 4.78 is 11.1. The van der Waals surface area contributed by atoms with E-state index in [4.69, 9.17) is 9.47 Å². The van der Waals surface area contributed by atoms with Gasteiger partial charge in [-0.05, 0) is 178 Å². The van der Waals surface area contributed by atoms with Gasteiger partial charge in [0.05, 0.1) is 36.6 Å². The first-order valence-electron chi connectivity index (χ1n) is 28.1. The van der Waals surface area contributed by atoms with E-state index in [9.17, 15) is 19.8 Å². The van der Waals surface area contributed by atoms with Crippen LogP contribution in [0.5, 0.6) is 0 Å². The number of nitrogens with zero attached hydrogens (tertiary/aromatic N) is 4. The molecule has 0 spiro atoms. The summed E-state index contributed by atoms with van der Waals surface area (Å²) in [5.41, 5.74) is 1.48. The number of carbonyl (C=O) groups excluding carboxylic acids is 2. The molecule has 2 aromatic rings. The van der Waals surface area contributed by atoms with E-state index in [1.54, 1.807) is 0 Å². The van der Waals surface area contributed by atoms with Crippen LogP contribution in [-0.2, 0) is 9.47 Å². The first-order valence-corrected chi connectivity index (χ1v) is 29.8. The van der Waals surface area contributed by atoms with Crippen LogP contribution in [0, 0.1) is 47.3 Å². The highest BCUT2D eigenvalue weighted by atomic mass is 32.2. The predicted molar refractivity (Wildman–Crippen MR) is 277 cm³/mol. The first-order chi connectivity index (χ1) is 34.0. The van der Waals surface area contributed by atoms with Crippen molar-refractivity contribution < 1.29 is 29.3 Å². The third kappa shape index (κ3) is 9.26. The molecule has 12 heteroatoms. The number of thioether (sulfide) groups is 2. The van der Waals surface area contributed by atoms with Gasteiger partial charge in [-0.1, -0.05) is 84.2 Å². The Morgan fingerprint density at radius 2 is 0.729 bits per heavy atom. The molecule has 14 aliphatic rings. The van der Waals surface area contributed by atoms with E-state index in [2.05, 4.69) is 47.8 Å². The second kappa shape index (κ2) is 19.1. The molecule has 0 bridgehead atoms. The van der Waals surface area contributed by atoms with E-state index in [1.165, 1.54) is 101 Å². The maximum atomic E-state index is 12.4. The van der Waals surface area contributed by atoms with Crippen molar-refractivity contribution in [2.75, 3.05) is 28.2 Å². The molecular formula is C58H80N4O6S2. The Labute approximate surface area is 426 Å². The molecule has 380 valence electrons. The number of ether oxygens (including phenoxy) is 2. The van der Waals surface area contributed by atoms with Crippen LogP contribution in [-0.4, -0.2) is 164 Å². The SMILES string of the molecule is CN(C1CC1)[C@@H]1C[C@@H]2[C@@H](O)[C@H](SC(=O)c3ccccc3)C[C@@H]21.CN(C1CC1)[C@@H]1C[C@H]2[C@@H]1C[C@@H]1O[C@H]21.CN(C1CC1)[C@H]1C[C@@H]2[C@H]1C[C@H]1O[C@@H]21.CN(C1CC1)[C@H]1C[C@H]2[C@H](O)[C@@H](SC(=O)c3ccccc3)C[C@H]21. The van der Waals surface area contributed by atoms with Crippen molar-refractivity contribution >= 4 is 33.8 Å². The zero-order valence-electron chi connectivity index (χ0n) is 42.1. The molecule has 70 heavy (non-hydrogen) atoms. The third-order valence-electron chi connectivity index (χ3n) is 21.1. The molecule has 14 fully saturated rings. The molecule has 20 atom stereocenters. The van der Waals surface area contributed by atoms with Crippen molar-refractivity contribution in [1.29, 1.82) is 0 Å². The molecule has 2 saturated heterocycles. The Balaban J connectivity index is 0.0000000939. The Morgan fingerprint density at radius 3 is 1.03 bits per heavy atom. The van der Waals surface area contributed by atoms with Crippen LogP contribution in [0.3, 0.4) is 0 Å². The smallest absolute Gasteiger partial charge is 0.219 e. The fraction of sp³-hybridized carbons (Fsp3) is 0.759. The number of aliphatic hydroxyl groups is 2. The van der Waals surface area contributed by atoms with E-state index in [-0.39, 0.29) is 32.9 Å². The van der Waals surface area contributed by atoms with Crippen LogP contribution in [0.1, 0.15) is 123 Å². The van der Waals surface area contributed by atoms with Gasteiger partial charge in [0, 0.05) is 70.0 Å². The average Bonchev–Trinajstić information content (AvgIpc) is 4.13. The van der Waals surface area contributed by atoms with Crippen molar-refractivity contribution in [2.45, 2.75) is 198 Å². The highest BCUT2D eigenvalue weighted by Crippen LogP contribution is 2.60. The summed E-state index contributed by atoms with van der Waals surface area (Å²) in [5, 5.41) is 21.4. The Hall–Kier alpha value is -1.84. The zero-order valence-corrected chi connectivity index (χ0v) is 43.7. The number of aliphatic hydroxyl groups excluding tert-OH is 2. The lowest BCUT2D eigenvalue weighted by molar-refractivity contribution is -0.0141. The molecule has 0 radical (unpaired) electrons. The quantitative estimate of drug-likeness (QED) is 0.201. The minimum atomic E-state index is -0.313. The van der Waals surface area contributed by atoms with Gasteiger partial charge in [-0.2, -0.15) is 0 Å². The van der Waals surface area contributed by atoms with Crippen LogP contribution >= 0.6 is 23.5 Å². The molecule has 2 aromatic carbocycles. The second-order valence-electron chi connectivity index (χ2n) is 24.9. The standard InChI is InChI=1S/2C18H23NO2S.2C11H17NO/c2*1-19(12-7-8-12)15-9-14-13(15)10-16(17(14)20)22-18(21)11-5-3-2-4-6-11;2*1-12(6-2-3-6)9-4-8-7(9)5-10-11(8)13-10/h2*2-6,12-17,20H,7-10H2,1H3;2*6-11H,2-5H2,1H3/t2*13-,14-,15+,16+,17+;2*7-,8-,9+,10-,11+/m1010/s1. The van der Waals surface area contributed by atoms with Gasteiger partial charge in [0.2, 0.25) is 10.2 Å². The van der Waals surface area contributed by atoms with Gasteiger partial charge >= 0.3 is 0 Å². The molecule has 2 heterocycles. The number of hydrogen-bond donors (Lipinski definition) is 2. The second-order valence-corrected chi connectivity index (χ2v) is 27.4. The summed E-state index contributed by atoms with van der Waals surface area (Å²) in [7, 11) is 9.15. The van der Waals surface area contributed by atoms with Gasteiger partial charge in [-0.25, -0.2) is 0 Å². The van der Waals surface area contributed by atoms with Crippen molar-refractivity contribution in [3.05, 3.63) is 71.8 Å². The maximum absolute atomic E-state index is 12.4. The molecule has 0 aromatic heterocycles. The van der Waals surface area contributed by atoms with E-state index in [0.29, 0.717) is 60.2 Å². The van der Waals surface area contributed by atoms with Crippen molar-refractivity contribution in [1.82, 2.24) is 19.6 Å². The number of benzene rings is 2. The molecule has 12 aliphatic carbocycles. The van der Waals surface area contributed by atoms with Crippen LogP contribution in [0.15, 0.2) is 60.7 Å². The van der Waals surface area contributed by atoms with Crippen LogP contribution < -0.4 is 0 Å². The molecule has 2 aliphatic heterocycles. The van der Waals surface area contributed by atoms with Gasteiger partial charge in [0.1, 0.15) is 0 Å². The highest BCUT2D eigenvalue weighted by Gasteiger charge is 2.65. The number of fused-ring (bicyclic) bond motifs is 8. The summed E-state index contributed by atoms with van der Waals surface area (Å²) in [6.07, 6.45) is 23.1. The minimum absolute atomic E-state index is 0.0697. The van der Waals surface area contributed by atoms with E-state index in [0.717, 1.165) is 96.7 Å². The molecule has 2 N–H and O–H groups in total. The summed E-state index contributed by atoms with van der Waals surface area (Å²) >= 11 is 2.69. The summed E-state index contributed by atoms with van der Waals surface area (Å²) in [5.74, 6) is 5.92. The van der Waals surface area contributed by atoms with Crippen LogP contribution in [0.2, 0.25) is 0 Å². The van der Waals surface area contributed by atoms with Gasteiger partial charge < -0.3 is 39.3 Å². The topological polar surface area (TPSA) is 113 Å². The summed E-state index contributed by atoms with van der Waals surface area (Å²) in [6.45, 7) is 0. The van der Waals surface area contributed by atoms with Crippen LogP contribution in [0.4, 0.5) is 0 Å². The number of epoxide rings is 2. The fourth-order valence-electron chi connectivity index (χ4n) is 15.8. The van der Waals surface area contributed by atoms with E-state index in [1.807, 2.05) is 60.7 Å². The normalized spacial score (nSPS) is 44.5. The van der Waals surface area contributed by atoms with Crippen molar-refractivity contribution in [2.24, 2.45) is 47.3 Å². The highest BCUT2D eigenvalue weighted by molar-refractivity contribution is 8.15. The molecule has 0 amide bonds. The van der Waals surface area contributed by atoms with Crippen LogP contribution in [0.25, 0.3) is 0 Å². The molecule has 10 nitrogen and oxygen atoms in total. The Bertz CT molecular complexity index is 2060. The summed E-state index contributed by atoms with van der Waals surface area (Å²) in [6, 6.07) is 25.4. The van der Waals surface area contributed by atoms with E-state index >= 15 is 0 Å². The monoisotopic (exact) mass is 993 g/mol. The molecule has 0 unspecified atom stereocenters. The van der Waals surface area contributed by atoms with Gasteiger partial charge in [0.15, 0.2) is 0 Å². The van der Waals surface area contributed by atoms with Gasteiger partial charge in [-0.15, -0.1) is 0 Å². The first kappa shape index (κ1) is 47.8. The fourth-order valence-corrected chi connectivity index (χ4v) is 18.2. The lowest BCUT2D eigenvalue weighted by atomic mass is 9.70. The molecular weight excluding hydrogens is 913 g/mol. The number of hydrogen-bond acceptors (Lipinski definition) is 12. The van der Waals surface area contributed by atoms with Gasteiger partial charge in [0.25, 0.3) is 0 Å². The Morgan fingerprint density at radius 1 is 0.429 bits per heavy atom.